The largest absolute Gasteiger partial charge is 0.355 e. The minimum absolute atomic E-state index is 0. The van der Waals surface area contributed by atoms with Crippen LogP contribution in [0.25, 0.3) is 0 Å². The zero-order chi connectivity index (χ0) is 13.9. The van der Waals surface area contributed by atoms with E-state index >= 15 is 0 Å². The van der Waals surface area contributed by atoms with Crippen LogP contribution in [0.15, 0.2) is 34.2 Å². The number of halogens is 2. The second-order valence-electron chi connectivity index (χ2n) is 4.33. The molecule has 1 aliphatic heterocycles. The molecule has 0 radical (unpaired) electrons. The molecule has 0 unspecified atom stereocenters. The third-order valence-electron chi connectivity index (χ3n) is 2.89. The summed E-state index contributed by atoms with van der Waals surface area (Å²) in [5.74, 6) is 0.221. The second-order valence-corrected chi connectivity index (χ2v) is 6.44. The zero-order valence-electron chi connectivity index (χ0n) is 11.0. The Labute approximate surface area is 135 Å². The van der Waals surface area contributed by atoms with Crippen LogP contribution in [0, 0.1) is 5.82 Å². The molecular formula is C12H17FIN3O2S. The normalized spacial score (nSPS) is 14.7. The minimum atomic E-state index is -3.39. The lowest BCUT2D eigenvalue weighted by Crippen LogP contribution is -2.38. The van der Waals surface area contributed by atoms with E-state index in [-0.39, 0.29) is 41.2 Å². The van der Waals surface area contributed by atoms with E-state index in [2.05, 4.69) is 10.3 Å². The van der Waals surface area contributed by atoms with Gasteiger partial charge in [0.15, 0.2) is 15.8 Å². The predicted octanol–water partition coefficient (Wildman–Crippen LogP) is 1.11. The van der Waals surface area contributed by atoms with E-state index in [1.54, 1.807) is 0 Å². The Kier molecular flexibility index (Phi) is 6.18. The molecule has 0 bridgehead atoms. The molecule has 0 atom stereocenters. The monoisotopic (exact) mass is 413 g/mol. The smallest absolute Gasteiger partial charge is 0.193 e. The molecule has 0 amide bonds. The number of hydrogen-bond acceptors (Lipinski definition) is 5. The molecule has 0 aliphatic carbocycles. The van der Waals surface area contributed by atoms with Crippen molar-refractivity contribution in [1.82, 2.24) is 10.2 Å². The highest BCUT2D eigenvalue weighted by Crippen LogP contribution is 2.11. The SMILES string of the molecule is CN1CCN=C1NCCS(=O)(=O)c1ccc(F)cc1.I. The van der Waals surface area contributed by atoms with Crippen LogP contribution < -0.4 is 5.32 Å². The summed E-state index contributed by atoms with van der Waals surface area (Å²) < 4.78 is 36.7. The molecule has 5 nitrogen and oxygen atoms in total. The van der Waals surface area contributed by atoms with E-state index in [1.165, 1.54) is 12.1 Å². The van der Waals surface area contributed by atoms with E-state index in [0.29, 0.717) is 5.96 Å². The Bertz CT molecular complexity index is 575. The summed E-state index contributed by atoms with van der Waals surface area (Å²) >= 11 is 0. The van der Waals surface area contributed by atoms with Crippen molar-refractivity contribution in [2.24, 2.45) is 4.99 Å². The first-order valence-corrected chi connectivity index (χ1v) is 7.62. The first kappa shape index (κ1) is 17.2. The van der Waals surface area contributed by atoms with Gasteiger partial charge in [0, 0.05) is 20.1 Å². The first-order chi connectivity index (χ1) is 8.99. The lowest BCUT2D eigenvalue weighted by atomic mass is 10.4. The third-order valence-corrected chi connectivity index (χ3v) is 4.62. The molecule has 0 aromatic heterocycles. The van der Waals surface area contributed by atoms with E-state index in [9.17, 15) is 12.8 Å². The number of rotatable bonds is 4. The molecule has 0 spiro atoms. The number of benzene rings is 1. The van der Waals surface area contributed by atoms with Gasteiger partial charge in [-0.25, -0.2) is 12.8 Å². The summed E-state index contributed by atoms with van der Waals surface area (Å²) in [6.45, 7) is 1.85. The molecule has 1 heterocycles. The van der Waals surface area contributed by atoms with Gasteiger partial charge in [-0.3, -0.25) is 4.99 Å². The number of aliphatic imine (C=N–C) groups is 1. The average Bonchev–Trinajstić information content (AvgIpc) is 2.75. The summed E-state index contributed by atoms with van der Waals surface area (Å²) in [4.78, 5) is 6.28. The Morgan fingerprint density at radius 1 is 1.35 bits per heavy atom. The molecule has 20 heavy (non-hydrogen) atoms. The van der Waals surface area contributed by atoms with Gasteiger partial charge in [-0.05, 0) is 24.3 Å². The lowest BCUT2D eigenvalue weighted by molar-refractivity contribution is 0.535. The van der Waals surface area contributed by atoms with E-state index in [0.717, 1.165) is 25.2 Å². The van der Waals surface area contributed by atoms with Crippen molar-refractivity contribution >= 4 is 39.8 Å². The maximum absolute atomic E-state index is 12.7. The lowest BCUT2D eigenvalue weighted by Gasteiger charge is -2.15. The highest BCUT2D eigenvalue weighted by atomic mass is 127. The Morgan fingerprint density at radius 2 is 2.00 bits per heavy atom. The van der Waals surface area contributed by atoms with Crippen molar-refractivity contribution in [1.29, 1.82) is 0 Å². The summed E-state index contributed by atoms with van der Waals surface area (Å²) in [5.41, 5.74) is 0. The molecule has 1 N–H and O–H groups in total. The van der Waals surface area contributed by atoms with Gasteiger partial charge < -0.3 is 10.2 Å². The molecular weight excluding hydrogens is 396 g/mol. The molecule has 8 heteroatoms. The summed E-state index contributed by atoms with van der Waals surface area (Å²) in [6.07, 6.45) is 0. The van der Waals surface area contributed by atoms with Crippen LogP contribution >= 0.6 is 24.0 Å². The predicted molar refractivity (Wildman–Crippen MR) is 86.8 cm³/mol. The molecule has 2 rings (SSSR count). The Balaban J connectivity index is 0.00000200. The second kappa shape index (κ2) is 7.21. The number of sulfone groups is 1. The van der Waals surface area contributed by atoms with Gasteiger partial charge in [-0.2, -0.15) is 0 Å². The standard InChI is InChI=1S/C12H16FN3O2S.HI/c1-16-8-6-14-12(16)15-7-9-19(17,18)11-4-2-10(13)3-5-11;/h2-5H,6-9H2,1H3,(H,14,15);1H. The minimum Gasteiger partial charge on any atom is -0.355 e. The molecule has 1 aromatic rings. The fourth-order valence-electron chi connectivity index (χ4n) is 1.78. The van der Waals surface area contributed by atoms with Crippen molar-refractivity contribution in [3.8, 4) is 0 Å². The molecule has 1 aliphatic rings. The first-order valence-electron chi connectivity index (χ1n) is 5.97. The molecule has 1 aromatic carbocycles. The Hall–Kier alpha value is -0.900. The van der Waals surface area contributed by atoms with Gasteiger partial charge in [-0.1, -0.05) is 0 Å². The number of likely N-dealkylation sites (N-methyl/N-ethyl adjacent to an activating group) is 1. The van der Waals surface area contributed by atoms with Gasteiger partial charge in [0.05, 0.1) is 17.2 Å². The van der Waals surface area contributed by atoms with Crippen molar-refractivity contribution in [3.63, 3.8) is 0 Å². The fourth-order valence-corrected chi connectivity index (χ4v) is 2.94. The number of guanidine groups is 1. The number of nitrogens with zero attached hydrogens (tertiary/aromatic N) is 2. The van der Waals surface area contributed by atoms with E-state index in [1.807, 2.05) is 11.9 Å². The quantitative estimate of drug-likeness (QED) is 0.594. The number of hydrogen-bond donors (Lipinski definition) is 1. The van der Waals surface area contributed by atoms with Crippen LogP contribution in [-0.2, 0) is 9.84 Å². The van der Waals surface area contributed by atoms with E-state index in [4.69, 9.17) is 0 Å². The highest BCUT2D eigenvalue weighted by molar-refractivity contribution is 14.0. The number of nitrogens with one attached hydrogen (secondary N) is 1. The van der Waals surface area contributed by atoms with Crippen molar-refractivity contribution in [2.75, 3.05) is 32.4 Å². The van der Waals surface area contributed by atoms with E-state index < -0.39 is 15.7 Å². The summed E-state index contributed by atoms with van der Waals surface area (Å²) in [7, 11) is -1.49. The Morgan fingerprint density at radius 3 is 2.55 bits per heavy atom. The van der Waals surface area contributed by atoms with Gasteiger partial charge in [0.25, 0.3) is 0 Å². The molecule has 0 saturated carbocycles. The molecule has 112 valence electrons. The fraction of sp³-hybridized carbons (Fsp3) is 0.417. The van der Waals surface area contributed by atoms with Crippen molar-refractivity contribution < 1.29 is 12.8 Å². The van der Waals surface area contributed by atoms with Crippen LogP contribution in [0.5, 0.6) is 0 Å². The third kappa shape index (κ3) is 4.30. The van der Waals surface area contributed by atoms with Crippen molar-refractivity contribution in [2.45, 2.75) is 4.90 Å². The van der Waals surface area contributed by atoms with Crippen LogP contribution in [0.1, 0.15) is 0 Å². The summed E-state index contributed by atoms with van der Waals surface area (Å²) in [5, 5.41) is 2.99. The molecule has 0 fully saturated rings. The van der Waals surface area contributed by atoms with Gasteiger partial charge >= 0.3 is 0 Å². The van der Waals surface area contributed by atoms with Crippen LogP contribution in [0.4, 0.5) is 4.39 Å². The van der Waals surface area contributed by atoms with Crippen LogP contribution in [0.2, 0.25) is 0 Å². The summed E-state index contributed by atoms with van der Waals surface area (Å²) in [6, 6.07) is 4.86. The van der Waals surface area contributed by atoms with Gasteiger partial charge in [0.1, 0.15) is 5.82 Å². The van der Waals surface area contributed by atoms with Crippen LogP contribution in [0.3, 0.4) is 0 Å². The maximum Gasteiger partial charge on any atom is 0.193 e. The highest BCUT2D eigenvalue weighted by Gasteiger charge is 2.16. The van der Waals surface area contributed by atoms with Gasteiger partial charge in [0.2, 0.25) is 0 Å². The van der Waals surface area contributed by atoms with Crippen molar-refractivity contribution in [3.05, 3.63) is 30.1 Å². The average molecular weight is 413 g/mol. The van der Waals surface area contributed by atoms with Gasteiger partial charge in [-0.15, -0.1) is 24.0 Å². The zero-order valence-corrected chi connectivity index (χ0v) is 14.2. The molecule has 0 saturated heterocycles. The van der Waals surface area contributed by atoms with Crippen LogP contribution in [-0.4, -0.2) is 51.7 Å². The maximum atomic E-state index is 12.7. The topological polar surface area (TPSA) is 61.8 Å².